The highest BCUT2D eigenvalue weighted by Crippen LogP contribution is 2.25. The highest BCUT2D eigenvalue weighted by Gasteiger charge is 2.08. The van der Waals surface area contributed by atoms with Gasteiger partial charge in [0.25, 0.3) is 0 Å². The first-order valence-corrected chi connectivity index (χ1v) is 6.85. The van der Waals surface area contributed by atoms with E-state index in [0.29, 0.717) is 11.4 Å². The minimum atomic E-state index is -0.366. The van der Waals surface area contributed by atoms with Gasteiger partial charge in [-0.3, -0.25) is 0 Å². The van der Waals surface area contributed by atoms with E-state index in [1.165, 1.54) is 0 Å². The van der Waals surface area contributed by atoms with Crippen molar-refractivity contribution in [2.75, 3.05) is 11.9 Å². The predicted octanol–water partition coefficient (Wildman–Crippen LogP) is 2.74. The van der Waals surface area contributed by atoms with Crippen LogP contribution < -0.4 is 15.4 Å². The van der Waals surface area contributed by atoms with E-state index in [1.54, 1.807) is 19.1 Å². The lowest BCUT2D eigenvalue weighted by molar-refractivity contribution is 0.229. The molecule has 0 fully saturated rings. The average molecular weight is 331 g/mol. The van der Waals surface area contributed by atoms with Crippen LogP contribution in [0.15, 0.2) is 22.7 Å². The van der Waals surface area contributed by atoms with E-state index < -0.39 is 0 Å². The number of carbonyl (C=O) groups excluding carboxylic acids is 1. The molecule has 0 aliphatic carbocycles. The normalized spacial score (nSPS) is 12.1. The standard InChI is InChI=1S/C13H19BrN2O3/c1-8(2)19-12-5-10(14)4-11(6-12)16-13(18)15-9(3)7-17/h4-6,8-9,17H,7H2,1-3H3,(H2,15,16,18)/t9-/m0/s1. The van der Waals surface area contributed by atoms with Crippen molar-refractivity contribution in [3.05, 3.63) is 22.7 Å². The van der Waals surface area contributed by atoms with Crippen molar-refractivity contribution in [3.8, 4) is 5.75 Å². The maximum atomic E-state index is 11.6. The highest BCUT2D eigenvalue weighted by molar-refractivity contribution is 9.10. The van der Waals surface area contributed by atoms with Gasteiger partial charge in [0.1, 0.15) is 5.75 Å². The molecule has 2 amide bonds. The van der Waals surface area contributed by atoms with E-state index in [1.807, 2.05) is 19.9 Å². The second-order valence-corrected chi connectivity index (χ2v) is 5.44. The third-order valence-corrected chi connectivity index (χ3v) is 2.61. The van der Waals surface area contributed by atoms with Gasteiger partial charge in [-0.15, -0.1) is 0 Å². The molecule has 3 N–H and O–H groups in total. The van der Waals surface area contributed by atoms with Gasteiger partial charge in [0, 0.05) is 16.2 Å². The Morgan fingerprint density at radius 1 is 1.37 bits per heavy atom. The molecule has 6 heteroatoms. The van der Waals surface area contributed by atoms with Crippen LogP contribution in [0.25, 0.3) is 0 Å². The Bertz CT molecular complexity index is 438. The van der Waals surface area contributed by atoms with Crippen LogP contribution in [-0.2, 0) is 0 Å². The summed E-state index contributed by atoms with van der Waals surface area (Å²) in [4.78, 5) is 11.6. The number of aliphatic hydroxyl groups excluding tert-OH is 1. The quantitative estimate of drug-likeness (QED) is 0.777. The number of anilines is 1. The number of urea groups is 1. The van der Waals surface area contributed by atoms with Crippen LogP contribution in [0.1, 0.15) is 20.8 Å². The lowest BCUT2D eigenvalue weighted by Crippen LogP contribution is -2.38. The predicted molar refractivity (Wildman–Crippen MR) is 78.6 cm³/mol. The molecule has 0 unspecified atom stereocenters. The number of rotatable bonds is 5. The molecule has 0 aliphatic rings. The monoisotopic (exact) mass is 330 g/mol. The number of carbonyl (C=O) groups is 1. The number of aliphatic hydroxyl groups is 1. The number of nitrogens with one attached hydrogen (secondary N) is 2. The van der Waals surface area contributed by atoms with Gasteiger partial charge in [0.15, 0.2) is 0 Å². The van der Waals surface area contributed by atoms with Crippen molar-refractivity contribution in [1.29, 1.82) is 0 Å². The zero-order valence-electron chi connectivity index (χ0n) is 11.2. The summed E-state index contributed by atoms with van der Waals surface area (Å²) < 4.78 is 6.39. The van der Waals surface area contributed by atoms with E-state index in [4.69, 9.17) is 9.84 Å². The fourth-order valence-electron chi connectivity index (χ4n) is 1.41. The zero-order valence-corrected chi connectivity index (χ0v) is 12.8. The smallest absolute Gasteiger partial charge is 0.319 e. The summed E-state index contributed by atoms with van der Waals surface area (Å²) in [6.45, 7) is 5.48. The van der Waals surface area contributed by atoms with Gasteiger partial charge in [0.05, 0.1) is 18.8 Å². The lowest BCUT2D eigenvalue weighted by Gasteiger charge is -2.14. The molecule has 0 aliphatic heterocycles. The molecule has 19 heavy (non-hydrogen) atoms. The Balaban J connectivity index is 2.72. The molecule has 0 spiro atoms. The third-order valence-electron chi connectivity index (χ3n) is 2.15. The summed E-state index contributed by atoms with van der Waals surface area (Å²) >= 11 is 3.37. The molecule has 1 atom stereocenters. The highest BCUT2D eigenvalue weighted by atomic mass is 79.9. The van der Waals surface area contributed by atoms with E-state index in [-0.39, 0.29) is 24.8 Å². The van der Waals surface area contributed by atoms with Gasteiger partial charge >= 0.3 is 6.03 Å². The van der Waals surface area contributed by atoms with Crippen LogP contribution in [0.4, 0.5) is 10.5 Å². The summed E-state index contributed by atoms with van der Waals surface area (Å²) in [5.74, 6) is 0.676. The molecule has 106 valence electrons. The molecule has 0 saturated carbocycles. The first-order valence-electron chi connectivity index (χ1n) is 6.06. The second kappa shape index (κ2) is 7.35. The SMILES string of the molecule is CC(C)Oc1cc(Br)cc(NC(=O)N[C@@H](C)CO)c1. The lowest BCUT2D eigenvalue weighted by atomic mass is 10.3. The third kappa shape index (κ3) is 5.94. The molecule has 0 radical (unpaired) electrons. The van der Waals surface area contributed by atoms with Gasteiger partial charge in [-0.25, -0.2) is 4.79 Å². The molecule has 1 aromatic carbocycles. The molecular formula is C13H19BrN2O3. The molecule has 1 aromatic rings. The summed E-state index contributed by atoms with van der Waals surface area (Å²) in [5, 5.41) is 14.2. The topological polar surface area (TPSA) is 70.6 Å². The van der Waals surface area contributed by atoms with Crippen molar-refractivity contribution in [2.24, 2.45) is 0 Å². The summed E-state index contributed by atoms with van der Waals surface area (Å²) in [6.07, 6.45) is 0.0605. The van der Waals surface area contributed by atoms with Crippen LogP contribution in [-0.4, -0.2) is 29.9 Å². The van der Waals surface area contributed by atoms with Crippen LogP contribution in [0.2, 0.25) is 0 Å². The maximum absolute atomic E-state index is 11.6. The van der Waals surface area contributed by atoms with Crippen molar-refractivity contribution in [3.63, 3.8) is 0 Å². The van der Waals surface area contributed by atoms with Crippen LogP contribution in [0.5, 0.6) is 5.75 Å². The first kappa shape index (κ1) is 15.8. The number of amides is 2. The number of hydrogen-bond acceptors (Lipinski definition) is 3. The fraction of sp³-hybridized carbons (Fsp3) is 0.462. The summed E-state index contributed by atoms with van der Waals surface area (Å²) in [6, 6.07) is 4.69. The Morgan fingerprint density at radius 3 is 2.63 bits per heavy atom. The molecule has 1 rings (SSSR count). The molecule has 5 nitrogen and oxygen atoms in total. The Kier molecular flexibility index (Phi) is 6.11. The minimum absolute atomic E-state index is 0.0605. The first-order chi connectivity index (χ1) is 8.90. The summed E-state index contributed by atoms with van der Waals surface area (Å²) in [5.41, 5.74) is 0.618. The number of halogens is 1. The van der Waals surface area contributed by atoms with E-state index in [2.05, 4.69) is 26.6 Å². The summed E-state index contributed by atoms with van der Waals surface area (Å²) in [7, 11) is 0. The molecule has 0 heterocycles. The molecule has 0 aromatic heterocycles. The Hall–Kier alpha value is -1.27. The maximum Gasteiger partial charge on any atom is 0.319 e. The largest absolute Gasteiger partial charge is 0.491 e. The minimum Gasteiger partial charge on any atom is -0.491 e. The van der Waals surface area contributed by atoms with E-state index in [0.717, 1.165) is 4.47 Å². The van der Waals surface area contributed by atoms with Crippen molar-refractivity contribution >= 4 is 27.6 Å². The van der Waals surface area contributed by atoms with Crippen LogP contribution >= 0.6 is 15.9 Å². The van der Waals surface area contributed by atoms with Gasteiger partial charge < -0.3 is 20.5 Å². The van der Waals surface area contributed by atoms with E-state index >= 15 is 0 Å². The Morgan fingerprint density at radius 2 is 2.05 bits per heavy atom. The molecule has 0 saturated heterocycles. The average Bonchev–Trinajstić information content (AvgIpc) is 2.26. The van der Waals surface area contributed by atoms with Gasteiger partial charge in [-0.1, -0.05) is 15.9 Å². The Labute approximate surface area is 121 Å². The number of ether oxygens (including phenoxy) is 1. The number of hydrogen-bond donors (Lipinski definition) is 3. The van der Waals surface area contributed by atoms with Crippen molar-refractivity contribution in [1.82, 2.24) is 5.32 Å². The van der Waals surface area contributed by atoms with Gasteiger partial charge in [0.2, 0.25) is 0 Å². The van der Waals surface area contributed by atoms with Crippen LogP contribution in [0.3, 0.4) is 0 Å². The van der Waals surface area contributed by atoms with Gasteiger partial charge in [-0.2, -0.15) is 0 Å². The molecule has 0 bridgehead atoms. The van der Waals surface area contributed by atoms with Crippen LogP contribution in [0, 0.1) is 0 Å². The number of benzene rings is 1. The van der Waals surface area contributed by atoms with Gasteiger partial charge in [-0.05, 0) is 32.9 Å². The second-order valence-electron chi connectivity index (χ2n) is 4.52. The van der Waals surface area contributed by atoms with E-state index in [9.17, 15) is 4.79 Å². The fourth-order valence-corrected chi connectivity index (χ4v) is 1.88. The van der Waals surface area contributed by atoms with Crippen molar-refractivity contribution in [2.45, 2.75) is 32.9 Å². The van der Waals surface area contributed by atoms with Crippen molar-refractivity contribution < 1.29 is 14.6 Å². The zero-order chi connectivity index (χ0) is 14.4. The molecular weight excluding hydrogens is 312 g/mol.